The molecule has 1 saturated carbocycles. The Morgan fingerprint density at radius 2 is 2.06 bits per heavy atom. The van der Waals surface area contributed by atoms with Crippen molar-refractivity contribution in [3.8, 4) is 0 Å². The average Bonchev–Trinajstić information content (AvgIpc) is 2.40. The monoisotopic (exact) mass is 252 g/mol. The van der Waals surface area contributed by atoms with Gasteiger partial charge >= 0.3 is 0 Å². The quantitative estimate of drug-likeness (QED) is 0.673. The molecular formula is C14H20O4. The Bertz CT molecular complexity index is 359. The van der Waals surface area contributed by atoms with Crippen molar-refractivity contribution < 1.29 is 19.3 Å². The second kappa shape index (κ2) is 4.76. The summed E-state index contributed by atoms with van der Waals surface area (Å²) in [5.74, 6) is 0.509. The summed E-state index contributed by atoms with van der Waals surface area (Å²) in [7, 11) is 0. The summed E-state index contributed by atoms with van der Waals surface area (Å²) >= 11 is 0. The van der Waals surface area contributed by atoms with Crippen molar-refractivity contribution in [3.05, 3.63) is 12.2 Å². The van der Waals surface area contributed by atoms with Crippen molar-refractivity contribution in [1.82, 2.24) is 0 Å². The highest BCUT2D eigenvalue weighted by atomic mass is 17.2. The molecule has 0 amide bonds. The normalized spacial score (nSPS) is 41.7. The predicted molar refractivity (Wildman–Crippen MR) is 64.6 cm³/mol. The van der Waals surface area contributed by atoms with E-state index in [-0.39, 0.29) is 18.2 Å². The van der Waals surface area contributed by atoms with E-state index < -0.39 is 5.60 Å². The van der Waals surface area contributed by atoms with Crippen LogP contribution < -0.4 is 0 Å². The second-order valence-corrected chi connectivity index (χ2v) is 5.76. The summed E-state index contributed by atoms with van der Waals surface area (Å²) in [4.78, 5) is 22.4. The van der Waals surface area contributed by atoms with Crippen LogP contribution >= 0.6 is 0 Å². The minimum Gasteiger partial charge on any atom is -0.342 e. The number of hydrogen-bond donors (Lipinski definition) is 0. The molecule has 4 heteroatoms. The van der Waals surface area contributed by atoms with E-state index in [1.54, 1.807) is 12.2 Å². The van der Waals surface area contributed by atoms with Crippen LogP contribution in [-0.4, -0.2) is 23.8 Å². The number of ether oxygens (including phenoxy) is 1. The van der Waals surface area contributed by atoms with E-state index in [4.69, 9.17) is 14.5 Å². The highest BCUT2D eigenvalue weighted by molar-refractivity contribution is 5.91. The zero-order valence-electron chi connectivity index (χ0n) is 10.8. The van der Waals surface area contributed by atoms with Gasteiger partial charge in [0.2, 0.25) is 0 Å². The van der Waals surface area contributed by atoms with Crippen LogP contribution in [0.1, 0.15) is 45.4 Å². The third-order valence-corrected chi connectivity index (χ3v) is 4.28. The van der Waals surface area contributed by atoms with Gasteiger partial charge in [-0.2, -0.15) is 0 Å². The first-order valence-corrected chi connectivity index (χ1v) is 6.89. The number of rotatable bonds is 1. The molecule has 100 valence electrons. The van der Waals surface area contributed by atoms with Crippen molar-refractivity contribution in [3.63, 3.8) is 0 Å². The molecule has 1 aliphatic heterocycles. The Kier molecular flexibility index (Phi) is 3.26. The first-order chi connectivity index (χ1) is 8.67. The van der Waals surface area contributed by atoms with E-state index in [0.717, 1.165) is 12.8 Å². The maximum atomic E-state index is 11.5. The first-order valence-electron chi connectivity index (χ1n) is 6.89. The molecule has 0 unspecified atom stereocenters. The van der Waals surface area contributed by atoms with Crippen LogP contribution in [0.5, 0.6) is 0 Å². The van der Waals surface area contributed by atoms with Gasteiger partial charge in [0, 0.05) is 12.3 Å². The zero-order valence-corrected chi connectivity index (χ0v) is 10.8. The number of carbonyl (C=O) groups is 1. The highest BCUT2D eigenvalue weighted by Crippen LogP contribution is 2.38. The molecule has 0 radical (unpaired) electrons. The summed E-state index contributed by atoms with van der Waals surface area (Å²) in [6.07, 6.45) is 9.20. The minimum atomic E-state index is -0.612. The van der Waals surface area contributed by atoms with Gasteiger partial charge in [-0.1, -0.05) is 19.3 Å². The lowest BCUT2D eigenvalue weighted by Crippen LogP contribution is -2.54. The van der Waals surface area contributed by atoms with E-state index in [1.165, 1.54) is 19.3 Å². The molecule has 2 aliphatic carbocycles. The molecule has 0 aromatic rings. The van der Waals surface area contributed by atoms with Crippen LogP contribution in [0.2, 0.25) is 0 Å². The molecular weight excluding hydrogens is 232 g/mol. The second-order valence-electron chi connectivity index (χ2n) is 5.76. The lowest BCUT2D eigenvalue weighted by molar-refractivity contribution is -0.484. The minimum absolute atomic E-state index is 0.102. The molecule has 0 bridgehead atoms. The largest absolute Gasteiger partial charge is 0.342 e. The van der Waals surface area contributed by atoms with Gasteiger partial charge in [0.1, 0.15) is 11.7 Å². The van der Waals surface area contributed by atoms with Crippen LogP contribution in [0.25, 0.3) is 0 Å². The summed E-state index contributed by atoms with van der Waals surface area (Å²) in [6, 6.07) is 0. The molecule has 2 fully saturated rings. The van der Waals surface area contributed by atoms with Crippen LogP contribution in [-0.2, 0) is 19.3 Å². The third-order valence-electron chi connectivity index (χ3n) is 4.28. The summed E-state index contributed by atoms with van der Waals surface area (Å²) in [5, 5.41) is 0. The predicted octanol–water partition coefficient (Wildman–Crippen LogP) is 2.53. The van der Waals surface area contributed by atoms with Crippen molar-refractivity contribution in [2.75, 3.05) is 0 Å². The molecule has 0 aromatic heterocycles. The fourth-order valence-electron chi connectivity index (χ4n) is 3.02. The van der Waals surface area contributed by atoms with Gasteiger partial charge in [-0.15, -0.1) is 0 Å². The number of ketones is 1. The Morgan fingerprint density at radius 1 is 1.28 bits per heavy atom. The van der Waals surface area contributed by atoms with Gasteiger partial charge in [0.25, 0.3) is 0 Å². The zero-order chi connectivity index (χ0) is 12.6. The number of allylic oxidation sites excluding steroid dienone is 1. The Balaban J connectivity index is 1.69. The fourth-order valence-corrected chi connectivity index (χ4v) is 3.02. The van der Waals surface area contributed by atoms with Gasteiger partial charge in [0.05, 0.1) is 0 Å². The van der Waals surface area contributed by atoms with Gasteiger partial charge in [-0.25, -0.2) is 9.78 Å². The SMILES string of the molecule is C[C@@]12C=CC(=O)C[C@@H]1O[C@H](C1CCCCC1)OO2. The van der Waals surface area contributed by atoms with Crippen molar-refractivity contribution >= 4 is 5.78 Å². The molecule has 3 atom stereocenters. The number of carbonyl (C=O) groups excluding carboxylic acids is 1. The van der Waals surface area contributed by atoms with Crippen LogP contribution in [0.3, 0.4) is 0 Å². The number of hydrogen-bond acceptors (Lipinski definition) is 4. The van der Waals surface area contributed by atoms with E-state index in [2.05, 4.69) is 0 Å². The standard InChI is InChI=1S/C14H20O4/c1-14-8-7-11(15)9-12(14)16-13(17-18-14)10-5-3-2-4-6-10/h7-8,10,12-13H,2-6,9H2,1H3/t12-,13-,14+/m0/s1. The molecule has 1 saturated heterocycles. The first kappa shape index (κ1) is 12.3. The third kappa shape index (κ3) is 2.25. The molecule has 3 aliphatic rings. The van der Waals surface area contributed by atoms with Gasteiger partial charge in [0.15, 0.2) is 12.1 Å². The van der Waals surface area contributed by atoms with Gasteiger partial charge in [-0.3, -0.25) is 4.79 Å². The topological polar surface area (TPSA) is 44.8 Å². The maximum Gasteiger partial charge on any atom is 0.194 e. The van der Waals surface area contributed by atoms with E-state index in [0.29, 0.717) is 12.3 Å². The van der Waals surface area contributed by atoms with Crippen LogP contribution in [0.15, 0.2) is 12.2 Å². The fraction of sp³-hybridized carbons (Fsp3) is 0.786. The lowest BCUT2D eigenvalue weighted by Gasteiger charge is -2.44. The van der Waals surface area contributed by atoms with Gasteiger partial charge < -0.3 is 4.74 Å². The summed E-state index contributed by atoms with van der Waals surface area (Å²) in [5.41, 5.74) is -0.612. The molecule has 3 rings (SSSR count). The van der Waals surface area contributed by atoms with E-state index >= 15 is 0 Å². The molecule has 0 aromatic carbocycles. The molecule has 0 spiro atoms. The lowest BCUT2D eigenvalue weighted by atomic mass is 9.86. The van der Waals surface area contributed by atoms with E-state index in [9.17, 15) is 4.79 Å². The van der Waals surface area contributed by atoms with Crippen molar-refractivity contribution in [2.24, 2.45) is 5.92 Å². The number of fused-ring (bicyclic) bond motifs is 1. The average molecular weight is 252 g/mol. The van der Waals surface area contributed by atoms with E-state index in [1.807, 2.05) is 6.92 Å². The van der Waals surface area contributed by atoms with Crippen LogP contribution in [0, 0.1) is 5.92 Å². The summed E-state index contributed by atoms with van der Waals surface area (Å²) in [6.45, 7) is 1.90. The van der Waals surface area contributed by atoms with Crippen molar-refractivity contribution in [1.29, 1.82) is 0 Å². The molecule has 1 heterocycles. The molecule has 0 N–H and O–H groups in total. The Morgan fingerprint density at radius 3 is 2.83 bits per heavy atom. The highest BCUT2D eigenvalue weighted by Gasteiger charge is 2.46. The smallest absolute Gasteiger partial charge is 0.194 e. The van der Waals surface area contributed by atoms with Gasteiger partial charge in [-0.05, 0) is 31.9 Å². The Labute approximate surface area is 107 Å². The summed E-state index contributed by atoms with van der Waals surface area (Å²) < 4.78 is 5.98. The molecule has 18 heavy (non-hydrogen) atoms. The molecule has 4 nitrogen and oxygen atoms in total. The van der Waals surface area contributed by atoms with Crippen molar-refractivity contribution in [2.45, 2.75) is 63.4 Å². The maximum absolute atomic E-state index is 11.5. The van der Waals surface area contributed by atoms with Crippen LogP contribution in [0.4, 0.5) is 0 Å². The Hall–Kier alpha value is -0.710.